The Bertz CT molecular complexity index is 502. The second-order valence-electron chi connectivity index (χ2n) is 4.35. The molecule has 6 heteroatoms. The lowest BCUT2D eigenvalue weighted by atomic mass is 10.1. The van der Waals surface area contributed by atoms with E-state index in [4.69, 9.17) is 9.47 Å². The third-order valence-electron chi connectivity index (χ3n) is 2.83. The zero-order valence-electron chi connectivity index (χ0n) is 11.4. The summed E-state index contributed by atoms with van der Waals surface area (Å²) >= 11 is 0. The highest BCUT2D eigenvalue weighted by atomic mass is 16.5. The maximum atomic E-state index is 11.9. The Morgan fingerprint density at radius 3 is 3.15 bits per heavy atom. The zero-order chi connectivity index (χ0) is 14.4. The Kier molecular flexibility index (Phi) is 4.95. The van der Waals surface area contributed by atoms with E-state index in [0.717, 1.165) is 6.42 Å². The van der Waals surface area contributed by atoms with E-state index in [1.807, 2.05) is 6.92 Å². The smallest absolute Gasteiger partial charge is 0.262 e. The van der Waals surface area contributed by atoms with Gasteiger partial charge in [-0.25, -0.2) is 0 Å². The van der Waals surface area contributed by atoms with Crippen molar-refractivity contribution in [1.29, 1.82) is 0 Å². The number of rotatable bonds is 6. The van der Waals surface area contributed by atoms with Crippen molar-refractivity contribution >= 4 is 17.5 Å². The molecule has 0 aliphatic carbocycles. The van der Waals surface area contributed by atoms with E-state index in [0.29, 0.717) is 36.8 Å². The molecule has 0 saturated carbocycles. The van der Waals surface area contributed by atoms with Crippen LogP contribution in [0.5, 0.6) is 5.75 Å². The number of nitrogens with one attached hydrogen (secondary N) is 2. The molecule has 6 nitrogen and oxygen atoms in total. The summed E-state index contributed by atoms with van der Waals surface area (Å²) in [5, 5.41) is 5.48. The first-order chi connectivity index (χ1) is 9.70. The lowest BCUT2D eigenvalue weighted by Gasteiger charge is -2.18. The highest BCUT2D eigenvalue weighted by Crippen LogP contribution is 2.28. The van der Waals surface area contributed by atoms with Crippen molar-refractivity contribution in [2.75, 3.05) is 31.7 Å². The minimum atomic E-state index is -0.216. The highest BCUT2D eigenvalue weighted by molar-refractivity contribution is 5.99. The van der Waals surface area contributed by atoms with Crippen LogP contribution in [0.3, 0.4) is 0 Å². The minimum Gasteiger partial charge on any atom is -0.482 e. The van der Waals surface area contributed by atoms with Gasteiger partial charge in [-0.15, -0.1) is 0 Å². The number of carbonyl (C=O) groups is 2. The largest absolute Gasteiger partial charge is 0.482 e. The normalized spacial score (nSPS) is 13.2. The molecule has 1 heterocycles. The molecule has 0 radical (unpaired) electrons. The summed E-state index contributed by atoms with van der Waals surface area (Å²) in [7, 11) is 0. The predicted molar refractivity (Wildman–Crippen MR) is 74.0 cm³/mol. The number of fused-ring (bicyclic) bond motifs is 1. The van der Waals surface area contributed by atoms with E-state index in [-0.39, 0.29) is 18.4 Å². The molecule has 108 valence electrons. The lowest BCUT2D eigenvalue weighted by molar-refractivity contribution is -0.118. The van der Waals surface area contributed by atoms with Crippen molar-refractivity contribution in [2.45, 2.75) is 13.3 Å². The number of amides is 2. The molecule has 1 aromatic carbocycles. The molecular formula is C14H18N2O4. The summed E-state index contributed by atoms with van der Waals surface area (Å²) in [6.45, 7) is 3.81. The van der Waals surface area contributed by atoms with Crippen LogP contribution in [-0.2, 0) is 9.53 Å². The minimum absolute atomic E-state index is 0.00989. The first-order valence-electron chi connectivity index (χ1n) is 6.63. The standard InChI is InChI=1S/C14H18N2O4/c1-2-19-7-3-6-15-14(18)10-4-5-12-11(8-10)16-13(17)9-20-12/h4-5,8H,2-3,6-7,9H2,1H3,(H,15,18)(H,16,17). The van der Waals surface area contributed by atoms with Crippen molar-refractivity contribution in [3.05, 3.63) is 23.8 Å². The summed E-state index contributed by atoms with van der Waals surface area (Å²) in [6, 6.07) is 4.97. The van der Waals surface area contributed by atoms with Crippen molar-refractivity contribution in [1.82, 2.24) is 5.32 Å². The number of carbonyl (C=O) groups excluding carboxylic acids is 2. The van der Waals surface area contributed by atoms with E-state index in [2.05, 4.69) is 10.6 Å². The first kappa shape index (κ1) is 14.3. The van der Waals surface area contributed by atoms with E-state index in [1.165, 1.54) is 0 Å². The van der Waals surface area contributed by atoms with Gasteiger partial charge in [0.25, 0.3) is 11.8 Å². The molecule has 0 aromatic heterocycles. The van der Waals surface area contributed by atoms with Gasteiger partial charge in [0.1, 0.15) is 5.75 Å². The molecule has 1 aliphatic heterocycles. The molecule has 0 saturated heterocycles. The molecule has 2 amide bonds. The van der Waals surface area contributed by atoms with Gasteiger partial charge in [0, 0.05) is 25.3 Å². The summed E-state index contributed by atoms with van der Waals surface area (Å²) in [5.74, 6) is 0.188. The predicted octanol–water partition coefficient (Wildman–Crippen LogP) is 1.17. The van der Waals surface area contributed by atoms with Gasteiger partial charge in [-0.1, -0.05) is 0 Å². The molecule has 2 N–H and O–H groups in total. The van der Waals surface area contributed by atoms with E-state index in [9.17, 15) is 9.59 Å². The van der Waals surface area contributed by atoms with Crippen molar-refractivity contribution in [2.24, 2.45) is 0 Å². The number of anilines is 1. The second-order valence-corrected chi connectivity index (χ2v) is 4.35. The Morgan fingerprint density at radius 2 is 2.35 bits per heavy atom. The summed E-state index contributed by atoms with van der Waals surface area (Å²) in [6.07, 6.45) is 0.768. The molecule has 0 spiro atoms. The monoisotopic (exact) mass is 278 g/mol. The summed E-state index contributed by atoms with van der Waals surface area (Å²) in [4.78, 5) is 23.2. The number of ether oxygens (including phenoxy) is 2. The molecule has 0 bridgehead atoms. The molecule has 0 fully saturated rings. The van der Waals surface area contributed by atoms with Crippen LogP contribution < -0.4 is 15.4 Å². The van der Waals surface area contributed by atoms with Crippen molar-refractivity contribution in [3.8, 4) is 5.75 Å². The van der Waals surface area contributed by atoms with Gasteiger partial charge in [-0.2, -0.15) is 0 Å². The van der Waals surface area contributed by atoms with Crippen LogP contribution in [0, 0.1) is 0 Å². The lowest BCUT2D eigenvalue weighted by Crippen LogP contribution is -2.27. The number of hydrogen-bond acceptors (Lipinski definition) is 4. The van der Waals surface area contributed by atoms with Crippen LogP contribution in [-0.4, -0.2) is 38.2 Å². The number of hydrogen-bond donors (Lipinski definition) is 2. The molecule has 1 aliphatic rings. The molecule has 20 heavy (non-hydrogen) atoms. The van der Waals surface area contributed by atoms with E-state index < -0.39 is 0 Å². The van der Waals surface area contributed by atoms with Crippen molar-refractivity contribution < 1.29 is 19.1 Å². The first-order valence-corrected chi connectivity index (χ1v) is 6.63. The Hall–Kier alpha value is -2.08. The maximum absolute atomic E-state index is 11.9. The molecule has 0 unspecified atom stereocenters. The highest BCUT2D eigenvalue weighted by Gasteiger charge is 2.17. The van der Waals surface area contributed by atoms with Gasteiger partial charge in [-0.3, -0.25) is 9.59 Å². The maximum Gasteiger partial charge on any atom is 0.262 e. The fraction of sp³-hybridized carbons (Fsp3) is 0.429. The van der Waals surface area contributed by atoms with Crippen LogP contribution in [0.25, 0.3) is 0 Å². The van der Waals surface area contributed by atoms with Crippen LogP contribution in [0.4, 0.5) is 5.69 Å². The van der Waals surface area contributed by atoms with E-state index >= 15 is 0 Å². The Balaban J connectivity index is 1.90. The average molecular weight is 278 g/mol. The van der Waals surface area contributed by atoms with Gasteiger partial charge in [0.05, 0.1) is 5.69 Å². The quantitative estimate of drug-likeness (QED) is 0.766. The molecule has 1 aromatic rings. The van der Waals surface area contributed by atoms with Gasteiger partial charge in [-0.05, 0) is 31.5 Å². The zero-order valence-corrected chi connectivity index (χ0v) is 11.4. The third-order valence-corrected chi connectivity index (χ3v) is 2.83. The average Bonchev–Trinajstić information content (AvgIpc) is 2.46. The van der Waals surface area contributed by atoms with Crippen LogP contribution >= 0.6 is 0 Å². The van der Waals surface area contributed by atoms with E-state index in [1.54, 1.807) is 18.2 Å². The number of benzene rings is 1. The second kappa shape index (κ2) is 6.91. The summed E-state index contributed by atoms with van der Waals surface area (Å²) < 4.78 is 10.4. The van der Waals surface area contributed by atoms with Gasteiger partial charge in [0.2, 0.25) is 0 Å². The van der Waals surface area contributed by atoms with Gasteiger partial charge >= 0.3 is 0 Å². The fourth-order valence-corrected chi connectivity index (χ4v) is 1.85. The third kappa shape index (κ3) is 3.71. The molecule has 2 rings (SSSR count). The van der Waals surface area contributed by atoms with Crippen LogP contribution in [0.1, 0.15) is 23.7 Å². The van der Waals surface area contributed by atoms with Gasteiger partial charge < -0.3 is 20.1 Å². The molecule has 0 atom stereocenters. The SMILES string of the molecule is CCOCCCNC(=O)c1ccc2c(c1)NC(=O)CO2. The Morgan fingerprint density at radius 1 is 1.50 bits per heavy atom. The fourth-order valence-electron chi connectivity index (χ4n) is 1.85. The molecular weight excluding hydrogens is 260 g/mol. The van der Waals surface area contributed by atoms with Crippen LogP contribution in [0.15, 0.2) is 18.2 Å². The van der Waals surface area contributed by atoms with Gasteiger partial charge in [0.15, 0.2) is 6.61 Å². The van der Waals surface area contributed by atoms with Crippen LogP contribution in [0.2, 0.25) is 0 Å². The van der Waals surface area contributed by atoms with Crippen molar-refractivity contribution in [3.63, 3.8) is 0 Å². The topological polar surface area (TPSA) is 76.7 Å². The Labute approximate surface area is 117 Å². The summed E-state index contributed by atoms with van der Waals surface area (Å²) in [5.41, 5.74) is 1.02.